The molecular weight excluding hydrogens is 364 g/mol. The Morgan fingerprint density at radius 1 is 1.11 bits per heavy atom. The Morgan fingerprint density at radius 2 is 1.81 bits per heavy atom. The van der Waals surface area contributed by atoms with Crippen LogP contribution in [0.2, 0.25) is 0 Å². The van der Waals surface area contributed by atoms with Crippen LogP contribution in [0.4, 0.5) is 11.4 Å². The molecule has 144 valence electrons. The second-order valence-corrected chi connectivity index (χ2v) is 7.19. The van der Waals surface area contributed by atoms with Gasteiger partial charge in [-0.2, -0.15) is 0 Å². The van der Waals surface area contributed by atoms with E-state index in [-0.39, 0.29) is 12.5 Å². The highest BCUT2D eigenvalue weighted by molar-refractivity contribution is 7.99. The standard InChI is InChI=1S/C20H24N2O4S/c1-24-16-11-14(12-17(25-2)20(16)26-3)21-19(23)13-22-9-6-10-27-18-8-5-4-7-15(18)22/h4-5,7-8,11-12H,6,9-10,13H2,1-3H3,(H,21,23). The fourth-order valence-corrected chi connectivity index (χ4v) is 4.10. The van der Waals surface area contributed by atoms with Gasteiger partial charge in [0, 0.05) is 29.3 Å². The quantitative estimate of drug-likeness (QED) is 0.815. The van der Waals surface area contributed by atoms with E-state index in [0.717, 1.165) is 24.4 Å². The van der Waals surface area contributed by atoms with Crippen LogP contribution < -0.4 is 24.4 Å². The zero-order valence-corrected chi connectivity index (χ0v) is 16.6. The molecule has 0 radical (unpaired) electrons. The van der Waals surface area contributed by atoms with E-state index in [1.165, 1.54) is 4.90 Å². The van der Waals surface area contributed by atoms with Crippen molar-refractivity contribution < 1.29 is 19.0 Å². The Hall–Kier alpha value is -2.54. The number of thioether (sulfide) groups is 1. The Labute approximate surface area is 163 Å². The number of carbonyl (C=O) groups excluding carboxylic acids is 1. The fraction of sp³-hybridized carbons (Fsp3) is 0.350. The third kappa shape index (κ3) is 4.42. The first-order valence-electron chi connectivity index (χ1n) is 8.73. The van der Waals surface area contributed by atoms with Gasteiger partial charge >= 0.3 is 0 Å². The van der Waals surface area contributed by atoms with E-state index in [9.17, 15) is 4.79 Å². The maximum absolute atomic E-state index is 12.7. The molecule has 0 aromatic heterocycles. The Bertz CT molecular complexity index is 787. The van der Waals surface area contributed by atoms with Gasteiger partial charge in [-0.05, 0) is 24.3 Å². The number of rotatable bonds is 6. The molecule has 0 bridgehead atoms. The van der Waals surface area contributed by atoms with Gasteiger partial charge < -0.3 is 24.4 Å². The van der Waals surface area contributed by atoms with Crippen molar-refractivity contribution in [3.63, 3.8) is 0 Å². The highest BCUT2D eigenvalue weighted by Crippen LogP contribution is 2.40. The Morgan fingerprint density at radius 3 is 2.48 bits per heavy atom. The summed E-state index contributed by atoms with van der Waals surface area (Å²) in [6.07, 6.45) is 1.04. The summed E-state index contributed by atoms with van der Waals surface area (Å²) in [6, 6.07) is 11.7. The number of fused-ring (bicyclic) bond motifs is 1. The molecule has 0 unspecified atom stereocenters. The number of hydrogen-bond donors (Lipinski definition) is 1. The van der Waals surface area contributed by atoms with Crippen molar-refractivity contribution in [3.8, 4) is 17.2 Å². The average Bonchev–Trinajstić information content (AvgIpc) is 2.89. The average molecular weight is 388 g/mol. The number of benzene rings is 2. The highest BCUT2D eigenvalue weighted by atomic mass is 32.2. The minimum Gasteiger partial charge on any atom is -0.493 e. The summed E-state index contributed by atoms with van der Waals surface area (Å²) in [4.78, 5) is 16.0. The number of methoxy groups -OCH3 is 3. The van der Waals surface area contributed by atoms with Gasteiger partial charge in [0.15, 0.2) is 11.5 Å². The summed E-state index contributed by atoms with van der Waals surface area (Å²) in [6.45, 7) is 1.14. The summed E-state index contributed by atoms with van der Waals surface area (Å²) < 4.78 is 16.0. The van der Waals surface area contributed by atoms with Crippen molar-refractivity contribution in [1.29, 1.82) is 0 Å². The van der Waals surface area contributed by atoms with Gasteiger partial charge in [-0.25, -0.2) is 0 Å². The van der Waals surface area contributed by atoms with E-state index in [0.29, 0.717) is 22.9 Å². The lowest BCUT2D eigenvalue weighted by Crippen LogP contribution is -2.34. The summed E-state index contributed by atoms with van der Waals surface area (Å²) in [5.74, 6) is 2.47. The molecule has 7 heteroatoms. The van der Waals surface area contributed by atoms with Gasteiger partial charge in [-0.15, -0.1) is 11.8 Å². The van der Waals surface area contributed by atoms with Gasteiger partial charge in [0.2, 0.25) is 11.7 Å². The minimum atomic E-state index is -0.0917. The first-order valence-corrected chi connectivity index (χ1v) is 9.71. The molecule has 1 heterocycles. The van der Waals surface area contributed by atoms with Crippen molar-refractivity contribution in [2.24, 2.45) is 0 Å². The monoisotopic (exact) mass is 388 g/mol. The van der Waals surface area contributed by atoms with Gasteiger partial charge in [0.1, 0.15) is 0 Å². The van der Waals surface area contributed by atoms with Crippen LogP contribution in [0, 0.1) is 0 Å². The number of hydrogen-bond acceptors (Lipinski definition) is 6. The maximum atomic E-state index is 12.7. The van der Waals surface area contributed by atoms with E-state index >= 15 is 0 Å². The Kier molecular flexibility index (Phi) is 6.34. The van der Waals surface area contributed by atoms with E-state index in [1.807, 2.05) is 23.9 Å². The van der Waals surface area contributed by atoms with Crippen molar-refractivity contribution in [2.45, 2.75) is 11.3 Å². The predicted molar refractivity (Wildman–Crippen MR) is 109 cm³/mol. The van der Waals surface area contributed by atoms with Gasteiger partial charge in [0.25, 0.3) is 0 Å². The van der Waals surface area contributed by atoms with Crippen LogP contribution in [-0.4, -0.2) is 46.1 Å². The summed E-state index contributed by atoms with van der Waals surface area (Å²) >= 11 is 1.84. The number of nitrogens with zero attached hydrogens (tertiary/aromatic N) is 1. The number of amides is 1. The molecule has 1 aliphatic heterocycles. The molecule has 2 aromatic carbocycles. The van der Waals surface area contributed by atoms with Crippen LogP contribution in [0.25, 0.3) is 0 Å². The molecule has 1 amide bonds. The molecule has 3 rings (SSSR count). The van der Waals surface area contributed by atoms with Crippen LogP contribution in [0.5, 0.6) is 17.2 Å². The molecule has 0 atom stereocenters. The first kappa shape index (κ1) is 19.2. The molecule has 0 saturated carbocycles. The molecule has 0 aliphatic carbocycles. The second-order valence-electron chi connectivity index (χ2n) is 6.05. The maximum Gasteiger partial charge on any atom is 0.243 e. The zero-order valence-electron chi connectivity index (χ0n) is 15.8. The molecular formula is C20H24N2O4S. The lowest BCUT2D eigenvalue weighted by molar-refractivity contribution is -0.115. The molecule has 6 nitrogen and oxygen atoms in total. The van der Waals surface area contributed by atoms with E-state index in [1.54, 1.807) is 33.5 Å². The number of ether oxygens (including phenoxy) is 3. The number of nitrogens with one attached hydrogen (secondary N) is 1. The number of anilines is 2. The first-order chi connectivity index (χ1) is 13.2. The van der Waals surface area contributed by atoms with E-state index in [4.69, 9.17) is 14.2 Å². The zero-order chi connectivity index (χ0) is 19.2. The van der Waals surface area contributed by atoms with Crippen LogP contribution in [0.15, 0.2) is 41.3 Å². The largest absolute Gasteiger partial charge is 0.493 e. The van der Waals surface area contributed by atoms with E-state index < -0.39 is 0 Å². The van der Waals surface area contributed by atoms with Crippen molar-refractivity contribution in [2.75, 3.05) is 50.4 Å². The van der Waals surface area contributed by atoms with Crippen LogP contribution in [0.1, 0.15) is 6.42 Å². The van der Waals surface area contributed by atoms with Gasteiger partial charge in [-0.1, -0.05) is 12.1 Å². The van der Waals surface area contributed by atoms with Gasteiger partial charge in [-0.3, -0.25) is 4.79 Å². The third-order valence-corrected chi connectivity index (χ3v) is 5.47. The van der Waals surface area contributed by atoms with Crippen molar-refractivity contribution >= 4 is 29.0 Å². The van der Waals surface area contributed by atoms with Crippen molar-refractivity contribution in [1.82, 2.24) is 0 Å². The smallest absolute Gasteiger partial charge is 0.243 e. The lowest BCUT2D eigenvalue weighted by Gasteiger charge is -2.24. The molecule has 27 heavy (non-hydrogen) atoms. The topological polar surface area (TPSA) is 60.0 Å². The molecule has 1 aliphatic rings. The molecule has 0 fully saturated rings. The van der Waals surface area contributed by atoms with Crippen LogP contribution in [0.3, 0.4) is 0 Å². The van der Waals surface area contributed by atoms with Crippen LogP contribution in [-0.2, 0) is 4.79 Å². The summed E-state index contributed by atoms with van der Waals surface area (Å²) in [7, 11) is 4.65. The molecule has 0 spiro atoms. The SMILES string of the molecule is COc1cc(NC(=O)CN2CCCSc3ccccc32)cc(OC)c1OC. The molecule has 2 aromatic rings. The van der Waals surface area contributed by atoms with Crippen LogP contribution >= 0.6 is 11.8 Å². The lowest BCUT2D eigenvalue weighted by atomic mass is 10.2. The second kappa shape index (κ2) is 8.90. The molecule has 1 N–H and O–H groups in total. The minimum absolute atomic E-state index is 0.0917. The fourth-order valence-electron chi connectivity index (χ4n) is 3.09. The summed E-state index contributed by atoms with van der Waals surface area (Å²) in [5.41, 5.74) is 1.71. The number of para-hydroxylation sites is 1. The predicted octanol–water partition coefficient (Wildman–Crippen LogP) is 3.65. The number of carbonyl (C=O) groups is 1. The normalized spacial score (nSPS) is 13.4. The Balaban J connectivity index is 1.76. The molecule has 0 saturated heterocycles. The van der Waals surface area contributed by atoms with Crippen molar-refractivity contribution in [3.05, 3.63) is 36.4 Å². The van der Waals surface area contributed by atoms with Gasteiger partial charge in [0.05, 0.1) is 33.6 Å². The summed E-state index contributed by atoms with van der Waals surface area (Å²) in [5, 5.41) is 2.94. The third-order valence-electron chi connectivity index (χ3n) is 4.32. The highest BCUT2D eigenvalue weighted by Gasteiger charge is 2.19. The van der Waals surface area contributed by atoms with E-state index in [2.05, 4.69) is 22.3 Å².